The molecule has 1 aromatic heterocycles. The van der Waals surface area contributed by atoms with Gasteiger partial charge < -0.3 is 11.1 Å². The smallest absolute Gasteiger partial charge is 0.241 e. The highest BCUT2D eigenvalue weighted by atomic mass is 79.9. The van der Waals surface area contributed by atoms with E-state index < -0.39 is 6.04 Å². The van der Waals surface area contributed by atoms with Crippen molar-refractivity contribution in [3.63, 3.8) is 0 Å². The summed E-state index contributed by atoms with van der Waals surface area (Å²) in [6.07, 6.45) is 0. The van der Waals surface area contributed by atoms with Crippen molar-refractivity contribution in [3.05, 3.63) is 56.2 Å². The van der Waals surface area contributed by atoms with Crippen molar-refractivity contribution in [2.75, 3.05) is 0 Å². The zero-order chi connectivity index (χ0) is 13.8. The lowest BCUT2D eigenvalue weighted by Gasteiger charge is -2.12. The second-order valence-corrected chi connectivity index (χ2v) is 6.25. The number of rotatable bonds is 4. The molecule has 1 aromatic carbocycles. The molecule has 5 heteroatoms. The molecule has 0 saturated heterocycles. The Morgan fingerprint density at radius 2 is 2.11 bits per heavy atom. The Kier molecular flexibility index (Phi) is 4.74. The van der Waals surface area contributed by atoms with Crippen molar-refractivity contribution in [2.24, 2.45) is 5.73 Å². The van der Waals surface area contributed by atoms with Gasteiger partial charge in [-0.25, -0.2) is 0 Å². The van der Waals surface area contributed by atoms with E-state index in [2.05, 4.69) is 21.2 Å². The number of hydrogen-bond acceptors (Lipinski definition) is 3. The van der Waals surface area contributed by atoms with Crippen LogP contribution in [0.3, 0.4) is 0 Å². The highest BCUT2D eigenvalue weighted by molar-refractivity contribution is 9.10. The molecule has 0 aliphatic carbocycles. The summed E-state index contributed by atoms with van der Waals surface area (Å²) in [5, 5.41) is 4.84. The zero-order valence-corrected chi connectivity index (χ0v) is 12.9. The Labute approximate surface area is 125 Å². The van der Waals surface area contributed by atoms with Crippen LogP contribution in [-0.4, -0.2) is 5.91 Å². The van der Waals surface area contributed by atoms with E-state index in [0.29, 0.717) is 6.54 Å². The molecule has 1 unspecified atom stereocenters. The number of thiophene rings is 1. The fourth-order valence-electron chi connectivity index (χ4n) is 1.66. The van der Waals surface area contributed by atoms with Crippen molar-refractivity contribution in [1.82, 2.24) is 5.32 Å². The predicted octanol–water partition coefficient (Wildman–Crippen LogP) is 3.14. The summed E-state index contributed by atoms with van der Waals surface area (Å²) >= 11 is 4.98. The highest BCUT2D eigenvalue weighted by Gasteiger charge is 2.15. The van der Waals surface area contributed by atoms with Gasteiger partial charge in [0.2, 0.25) is 5.91 Å². The lowest BCUT2D eigenvalue weighted by Crippen LogP contribution is -2.33. The first-order chi connectivity index (χ1) is 9.06. The molecule has 1 heterocycles. The number of carbonyl (C=O) groups is 1. The van der Waals surface area contributed by atoms with Crippen LogP contribution in [0.25, 0.3) is 0 Å². The summed E-state index contributed by atoms with van der Waals surface area (Å²) in [7, 11) is 0. The van der Waals surface area contributed by atoms with Crippen LogP contribution in [-0.2, 0) is 11.3 Å². The number of benzene rings is 1. The first kappa shape index (κ1) is 14.2. The number of carbonyl (C=O) groups excluding carboxylic acids is 1. The van der Waals surface area contributed by atoms with Crippen molar-refractivity contribution < 1.29 is 4.79 Å². The standard InChI is InChI=1S/C14H15BrN2OS/c1-9-2-4-10(5-3-9)13(16)14(18)17-7-12-6-11(15)8-19-12/h2-6,8,13H,7,16H2,1H3,(H,17,18). The molecule has 0 bridgehead atoms. The number of amides is 1. The Hall–Kier alpha value is -1.17. The maximum absolute atomic E-state index is 12.0. The Morgan fingerprint density at radius 1 is 1.42 bits per heavy atom. The summed E-state index contributed by atoms with van der Waals surface area (Å²) in [5.41, 5.74) is 7.92. The van der Waals surface area contributed by atoms with Gasteiger partial charge in [0.25, 0.3) is 0 Å². The third-order valence-electron chi connectivity index (χ3n) is 2.78. The molecule has 0 aliphatic rings. The van der Waals surface area contributed by atoms with Gasteiger partial charge in [-0.1, -0.05) is 29.8 Å². The maximum Gasteiger partial charge on any atom is 0.241 e. The monoisotopic (exact) mass is 338 g/mol. The number of aryl methyl sites for hydroxylation is 1. The van der Waals surface area contributed by atoms with Gasteiger partial charge in [0, 0.05) is 14.7 Å². The van der Waals surface area contributed by atoms with Gasteiger partial charge in [0.05, 0.1) is 6.54 Å². The van der Waals surface area contributed by atoms with E-state index in [0.717, 1.165) is 20.5 Å². The quantitative estimate of drug-likeness (QED) is 0.899. The van der Waals surface area contributed by atoms with E-state index in [1.165, 1.54) is 0 Å². The largest absolute Gasteiger partial charge is 0.350 e. The molecule has 2 aromatic rings. The van der Waals surface area contributed by atoms with Gasteiger partial charge in [-0.3, -0.25) is 4.79 Å². The van der Waals surface area contributed by atoms with Crippen LogP contribution in [0.5, 0.6) is 0 Å². The number of hydrogen-bond donors (Lipinski definition) is 2. The molecule has 0 fully saturated rings. The van der Waals surface area contributed by atoms with E-state index in [9.17, 15) is 4.79 Å². The normalized spacial score (nSPS) is 12.2. The first-order valence-corrected chi connectivity index (χ1v) is 7.56. The predicted molar refractivity (Wildman–Crippen MR) is 82.0 cm³/mol. The van der Waals surface area contributed by atoms with Crippen LogP contribution < -0.4 is 11.1 Å². The van der Waals surface area contributed by atoms with Crippen molar-refractivity contribution in [3.8, 4) is 0 Å². The summed E-state index contributed by atoms with van der Waals surface area (Å²) in [6.45, 7) is 2.51. The molecule has 0 radical (unpaired) electrons. The van der Waals surface area contributed by atoms with E-state index in [4.69, 9.17) is 5.73 Å². The third kappa shape index (κ3) is 3.89. The summed E-state index contributed by atoms with van der Waals surface area (Å²) in [5.74, 6) is -0.159. The van der Waals surface area contributed by atoms with Crippen LogP contribution in [0, 0.1) is 6.92 Å². The second-order valence-electron chi connectivity index (χ2n) is 4.34. The molecule has 100 valence electrons. The lowest BCUT2D eigenvalue weighted by atomic mass is 10.1. The molecule has 1 atom stereocenters. The van der Waals surface area contributed by atoms with Crippen LogP contribution in [0.15, 0.2) is 40.2 Å². The zero-order valence-electron chi connectivity index (χ0n) is 10.5. The van der Waals surface area contributed by atoms with Crippen molar-refractivity contribution in [1.29, 1.82) is 0 Å². The fraction of sp³-hybridized carbons (Fsp3) is 0.214. The van der Waals surface area contributed by atoms with Gasteiger partial charge in [-0.05, 0) is 34.5 Å². The molecular formula is C14H15BrN2OS. The number of nitrogens with one attached hydrogen (secondary N) is 1. The van der Waals surface area contributed by atoms with Crippen molar-refractivity contribution >= 4 is 33.2 Å². The molecule has 3 N–H and O–H groups in total. The first-order valence-electron chi connectivity index (χ1n) is 5.89. The van der Waals surface area contributed by atoms with Gasteiger partial charge >= 0.3 is 0 Å². The topological polar surface area (TPSA) is 55.1 Å². The van der Waals surface area contributed by atoms with Crippen molar-refractivity contribution in [2.45, 2.75) is 19.5 Å². The summed E-state index contributed by atoms with van der Waals surface area (Å²) < 4.78 is 1.03. The lowest BCUT2D eigenvalue weighted by molar-refractivity contribution is -0.122. The Morgan fingerprint density at radius 3 is 2.68 bits per heavy atom. The molecule has 2 rings (SSSR count). The molecule has 19 heavy (non-hydrogen) atoms. The molecule has 1 amide bonds. The van der Waals surface area contributed by atoms with Gasteiger partial charge in [-0.15, -0.1) is 11.3 Å². The van der Waals surface area contributed by atoms with Crippen LogP contribution >= 0.6 is 27.3 Å². The number of nitrogens with two attached hydrogens (primary N) is 1. The number of halogens is 1. The van der Waals surface area contributed by atoms with Gasteiger partial charge in [0.1, 0.15) is 6.04 Å². The summed E-state index contributed by atoms with van der Waals surface area (Å²) in [4.78, 5) is 13.1. The fourth-order valence-corrected chi connectivity index (χ4v) is 3.05. The van der Waals surface area contributed by atoms with E-state index in [-0.39, 0.29) is 5.91 Å². The molecular weight excluding hydrogens is 324 g/mol. The minimum Gasteiger partial charge on any atom is -0.350 e. The Bertz CT molecular complexity index is 565. The highest BCUT2D eigenvalue weighted by Crippen LogP contribution is 2.19. The minimum absolute atomic E-state index is 0.159. The minimum atomic E-state index is -0.621. The maximum atomic E-state index is 12.0. The molecule has 0 saturated carbocycles. The summed E-state index contributed by atoms with van der Waals surface area (Å²) in [6, 6.07) is 9.06. The van der Waals surface area contributed by atoms with Gasteiger partial charge in [-0.2, -0.15) is 0 Å². The molecule has 0 spiro atoms. The third-order valence-corrected chi connectivity index (χ3v) is 4.48. The van der Waals surface area contributed by atoms with Gasteiger partial charge in [0.15, 0.2) is 0 Å². The van der Waals surface area contributed by atoms with E-state index in [1.54, 1.807) is 11.3 Å². The van der Waals surface area contributed by atoms with Crippen LogP contribution in [0.2, 0.25) is 0 Å². The average Bonchev–Trinajstić information content (AvgIpc) is 2.82. The van der Waals surface area contributed by atoms with Crippen LogP contribution in [0.4, 0.5) is 0 Å². The Balaban J connectivity index is 1.94. The average molecular weight is 339 g/mol. The SMILES string of the molecule is Cc1ccc(C(N)C(=O)NCc2cc(Br)cs2)cc1. The van der Waals surface area contributed by atoms with E-state index >= 15 is 0 Å². The second kappa shape index (κ2) is 6.32. The molecule has 0 aliphatic heterocycles. The molecule has 3 nitrogen and oxygen atoms in total. The van der Waals surface area contributed by atoms with Crippen LogP contribution in [0.1, 0.15) is 22.0 Å². The van der Waals surface area contributed by atoms with E-state index in [1.807, 2.05) is 42.6 Å².